The summed E-state index contributed by atoms with van der Waals surface area (Å²) in [4.78, 5) is 11.6. The number of benzene rings is 3. The first kappa shape index (κ1) is 27.7. The van der Waals surface area contributed by atoms with E-state index in [9.17, 15) is 4.80 Å². The molecule has 32 heavy (non-hydrogen) atoms. The van der Waals surface area contributed by atoms with Gasteiger partial charge in [0.1, 0.15) is 0 Å². The zero-order valence-corrected chi connectivity index (χ0v) is 22.0. The van der Waals surface area contributed by atoms with Crippen LogP contribution in [0.2, 0.25) is 0 Å². The molecule has 0 aliphatic heterocycles. The molecule has 0 fully saturated rings. The third-order valence-corrected chi connectivity index (χ3v) is 8.19. The Morgan fingerprint density at radius 2 is 0.688 bits per heavy atom. The summed E-state index contributed by atoms with van der Waals surface area (Å²) in [7, 11) is -2.88. The topological polar surface area (TPSA) is 20.2 Å². The minimum Gasteiger partial charge on any atom is -1.00 e. The maximum absolute atomic E-state index is 11.6. The fourth-order valence-corrected chi connectivity index (χ4v) is 6.20. The van der Waals surface area contributed by atoms with Gasteiger partial charge in [-0.15, -0.1) is 0 Å². The van der Waals surface area contributed by atoms with Crippen molar-refractivity contribution in [2.24, 2.45) is 0 Å². The summed E-state index contributed by atoms with van der Waals surface area (Å²) in [6.45, 7) is 0. The summed E-state index contributed by atoms with van der Waals surface area (Å²) < 4.78 is 0. The van der Waals surface area contributed by atoms with E-state index >= 15 is 0 Å². The summed E-state index contributed by atoms with van der Waals surface area (Å²) in [5.74, 6) is 0. The predicted octanol–water partition coefficient (Wildman–Crippen LogP) is 1.46. The van der Waals surface area contributed by atoms with Gasteiger partial charge in [0.05, 0.1) is 0 Å². The Morgan fingerprint density at radius 3 is 0.875 bits per heavy atom. The molecule has 0 bridgehead atoms. The van der Waals surface area contributed by atoms with E-state index in [0.29, 0.717) is 0 Å². The van der Waals surface area contributed by atoms with Gasteiger partial charge in [0, 0.05) is 0 Å². The van der Waals surface area contributed by atoms with Crippen molar-refractivity contribution in [3.05, 3.63) is 152 Å². The molecule has 0 amide bonds. The molecular formula is C28H26ClOSiZr. The van der Waals surface area contributed by atoms with Gasteiger partial charge in [-0.2, -0.15) is 36.4 Å². The average molecular weight is 533 g/mol. The summed E-state index contributed by atoms with van der Waals surface area (Å²) >= 11 is 0. The van der Waals surface area contributed by atoms with Crippen LogP contribution >= 0.6 is 0 Å². The molecule has 1 N–H and O–H groups in total. The van der Waals surface area contributed by atoms with Gasteiger partial charge < -0.3 is 17.2 Å². The van der Waals surface area contributed by atoms with E-state index in [1.165, 1.54) is 0 Å². The second kappa shape index (κ2) is 15.5. The van der Waals surface area contributed by atoms with Crippen LogP contribution in [-0.4, -0.2) is 13.1 Å². The SMILES string of the molecule is O[Si](c1ccccc1)(c1ccccc1)c1ccccc1.[Cl-].[Zr+3].c1cc[cH-]c1.c1cc[cH-]c1. The second-order valence-corrected chi connectivity index (χ2v) is 9.89. The molecule has 0 aromatic heterocycles. The molecule has 0 atom stereocenters. The molecule has 159 valence electrons. The van der Waals surface area contributed by atoms with Crippen molar-refractivity contribution < 1.29 is 43.4 Å². The molecule has 0 heterocycles. The van der Waals surface area contributed by atoms with Crippen molar-refractivity contribution in [3.63, 3.8) is 0 Å². The van der Waals surface area contributed by atoms with Gasteiger partial charge in [0.2, 0.25) is 0 Å². The van der Waals surface area contributed by atoms with Crippen LogP contribution in [0.5, 0.6) is 0 Å². The molecule has 5 aromatic rings. The van der Waals surface area contributed by atoms with E-state index < -0.39 is 8.32 Å². The van der Waals surface area contributed by atoms with Crippen molar-refractivity contribution in [1.82, 2.24) is 0 Å². The van der Waals surface area contributed by atoms with Crippen molar-refractivity contribution in [3.8, 4) is 0 Å². The van der Waals surface area contributed by atoms with Gasteiger partial charge in [-0.1, -0.05) is 91.0 Å². The molecule has 5 rings (SSSR count). The third-order valence-electron chi connectivity index (χ3n) is 4.69. The standard InChI is InChI=1S/C18H16OSi.2C5H5.ClH.Zr/c19-20(16-10-4-1-5-11-16,17-12-6-2-7-13-17)18-14-8-3-9-15-18;2*1-2-4-5-3-1;;/h1-15,19H;2*1-5H;1H;/q;2*-1;;+3/p-1. The zero-order chi connectivity index (χ0) is 20.9. The minimum atomic E-state index is -2.88. The quantitative estimate of drug-likeness (QED) is 0.212. The molecule has 0 aliphatic carbocycles. The van der Waals surface area contributed by atoms with Crippen molar-refractivity contribution in [2.75, 3.05) is 0 Å². The Balaban J connectivity index is 0.000000353. The normalized spacial score (nSPS) is 9.53. The number of rotatable bonds is 3. The fourth-order valence-electron chi connectivity index (χ4n) is 3.18. The van der Waals surface area contributed by atoms with Crippen molar-refractivity contribution in [1.29, 1.82) is 0 Å². The molecule has 1 radical (unpaired) electrons. The van der Waals surface area contributed by atoms with E-state index in [-0.39, 0.29) is 38.6 Å². The van der Waals surface area contributed by atoms with Crippen LogP contribution < -0.4 is 28.0 Å². The Bertz CT molecular complexity index is 877. The number of hydrogen-bond acceptors (Lipinski definition) is 1. The third kappa shape index (κ3) is 8.00. The monoisotopic (exact) mass is 531 g/mol. The van der Waals surface area contributed by atoms with E-state index in [0.717, 1.165) is 15.6 Å². The molecule has 0 spiro atoms. The first-order valence-electron chi connectivity index (χ1n) is 10.0. The van der Waals surface area contributed by atoms with Crippen LogP contribution in [-0.2, 0) is 26.2 Å². The van der Waals surface area contributed by atoms with E-state index in [2.05, 4.69) is 0 Å². The fraction of sp³-hybridized carbons (Fsp3) is 0. The summed E-state index contributed by atoms with van der Waals surface area (Å²) in [6.07, 6.45) is 0. The molecule has 5 aromatic carbocycles. The molecule has 1 nitrogen and oxygen atoms in total. The molecule has 0 saturated carbocycles. The van der Waals surface area contributed by atoms with Gasteiger partial charge in [-0.05, 0) is 15.6 Å². The van der Waals surface area contributed by atoms with E-state index in [1.807, 2.05) is 152 Å². The van der Waals surface area contributed by atoms with E-state index in [1.54, 1.807) is 0 Å². The predicted molar refractivity (Wildman–Crippen MR) is 130 cm³/mol. The zero-order valence-electron chi connectivity index (χ0n) is 17.8. The van der Waals surface area contributed by atoms with Crippen molar-refractivity contribution in [2.45, 2.75) is 0 Å². The second-order valence-electron chi connectivity index (χ2n) is 6.73. The molecule has 0 aliphatic rings. The van der Waals surface area contributed by atoms with Crippen LogP contribution in [0.3, 0.4) is 0 Å². The van der Waals surface area contributed by atoms with Gasteiger partial charge in [-0.3, -0.25) is 0 Å². The van der Waals surface area contributed by atoms with Crippen molar-refractivity contribution >= 4 is 23.9 Å². The summed E-state index contributed by atoms with van der Waals surface area (Å²) in [5, 5.41) is 3.03. The van der Waals surface area contributed by atoms with E-state index in [4.69, 9.17) is 0 Å². The summed E-state index contributed by atoms with van der Waals surface area (Å²) in [6, 6.07) is 50.0. The van der Waals surface area contributed by atoms with Gasteiger partial charge in [0.15, 0.2) is 0 Å². The Hall–Kier alpha value is -2.29. The molecular weight excluding hydrogens is 507 g/mol. The average Bonchev–Trinajstić information content (AvgIpc) is 3.60. The minimum absolute atomic E-state index is 0. The molecule has 0 saturated heterocycles. The van der Waals surface area contributed by atoms with Crippen LogP contribution in [0.25, 0.3) is 0 Å². The Morgan fingerprint density at radius 1 is 0.438 bits per heavy atom. The largest absolute Gasteiger partial charge is 3.00 e. The number of hydrogen-bond donors (Lipinski definition) is 1. The van der Waals surface area contributed by atoms with Gasteiger partial charge in [0.25, 0.3) is 8.32 Å². The van der Waals surface area contributed by atoms with Gasteiger partial charge in [-0.25, -0.2) is 24.3 Å². The first-order chi connectivity index (χ1) is 14.8. The maximum atomic E-state index is 11.6. The maximum Gasteiger partial charge on any atom is 3.00 e. The smallest absolute Gasteiger partial charge is 1.00 e. The van der Waals surface area contributed by atoms with Gasteiger partial charge >= 0.3 is 26.2 Å². The van der Waals surface area contributed by atoms with Crippen LogP contribution in [0.15, 0.2) is 152 Å². The summed E-state index contributed by atoms with van der Waals surface area (Å²) in [5.41, 5.74) is 0. The first-order valence-corrected chi connectivity index (χ1v) is 12.0. The van der Waals surface area contributed by atoms with Crippen LogP contribution in [0, 0.1) is 0 Å². The molecule has 4 heteroatoms. The molecule has 0 unspecified atom stereocenters. The van der Waals surface area contributed by atoms with Crippen LogP contribution in [0.1, 0.15) is 0 Å². The number of halogens is 1. The van der Waals surface area contributed by atoms with Crippen LogP contribution in [0.4, 0.5) is 0 Å². The Labute approximate surface area is 217 Å². The Kier molecular flexibility index (Phi) is 13.4.